The molecule has 4 aliphatic rings. The van der Waals surface area contributed by atoms with Crippen molar-refractivity contribution < 1.29 is 19.4 Å². The van der Waals surface area contributed by atoms with Crippen molar-refractivity contribution in [1.82, 2.24) is 0 Å². The van der Waals surface area contributed by atoms with Gasteiger partial charge in [-0.3, -0.25) is 9.59 Å². The Morgan fingerprint density at radius 3 is 2.19 bits per heavy atom. The molecule has 4 nitrogen and oxygen atoms in total. The van der Waals surface area contributed by atoms with E-state index in [1.165, 1.54) is 38.5 Å². The van der Waals surface area contributed by atoms with Crippen LogP contribution >= 0.6 is 0 Å². The van der Waals surface area contributed by atoms with Gasteiger partial charge in [0, 0.05) is 18.8 Å². The van der Waals surface area contributed by atoms with E-state index in [2.05, 4.69) is 41.5 Å². The summed E-state index contributed by atoms with van der Waals surface area (Å²) in [6, 6.07) is 0. The van der Waals surface area contributed by atoms with Crippen molar-refractivity contribution in [1.29, 1.82) is 0 Å². The van der Waals surface area contributed by atoms with E-state index in [4.69, 9.17) is 4.74 Å². The lowest BCUT2D eigenvalue weighted by Gasteiger charge is -2.67. The third-order valence-corrected chi connectivity index (χ3v) is 12.0. The Kier molecular flexibility index (Phi) is 5.82. The Labute approximate surface area is 195 Å². The second-order valence-electron chi connectivity index (χ2n) is 13.4. The highest BCUT2D eigenvalue weighted by Gasteiger charge is 2.67. The standard InChI is InChI=1S/C28H46O4/c1-17(16-24(30)31)19-10-14-28(7)21-8-9-22-25(3,4)23(32-18(2)29)12-13-26(22,5)20(21)11-15-27(19,28)6/h17,19-23H,8-16H2,1-7H3,(H,30,31)/t17-,19-,20?,21?,22?,23+,26-,27-,28+/m1/s1. The van der Waals surface area contributed by atoms with Crippen LogP contribution in [0.1, 0.15) is 106 Å². The number of carbonyl (C=O) groups is 2. The predicted octanol–water partition coefficient (Wildman–Crippen LogP) is 6.71. The van der Waals surface area contributed by atoms with Crippen LogP contribution in [-0.2, 0) is 14.3 Å². The average Bonchev–Trinajstić information content (AvgIpc) is 2.95. The zero-order valence-electron chi connectivity index (χ0n) is 21.5. The summed E-state index contributed by atoms with van der Waals surface area (Å²) in [5.41, 5.74) is 0.868. The van der Waals surface area contributed by atoms with E-state index in [0.717, 1.165) is 24.7 Å². The molecular weight excluding hydrogens is 400 g/mol. The zero-order valence-corrected chi connectivity index (χ0v) is 21.5. The third-order valence-electron chi connectivity index (χ3n) is 12.0. The first-order chi connectivity index (χ1) is 14.8. The highest BCUT2D eigenvalue weighted by molar-refractivity contribution is 5.67. The second-order valence-corrected chi connectivity index (χ2v) is 13.4. The summed E-state index contributed by atoms with van der Waals surface area (Å²) in [7, 11) is 0. The van der Waals surface area contributed by atoms with Gasteiger partial charge in [-0.1, -0.05) is 41.5 Å². The maximum Gasteiger partial charge on any atom is 0.303 e. The monoisotopic (exact) mass is 446 g/mol. The molecule has 0 heterocycles. The largest absolute Gasteiger partial charge is 0.481 e. The first kappa shape index (κ1) is 24.1. The van der Waals surface area contributed by atoms with Crippen molar-refractivity contribution in [3.8, 4) is 0 Å². The number of hydrogen-bond donors (Lipinski definition) is 1. The first-order valence-electron chi connectivity index (χ1n) is 13.2. The summed E-state index contributed by atoms with van der Waals surface area (Å²) in [6.07, 6.45) is 9.91. The quantitative estimate of drug-likeness (QED) is 0.487. The van der Waals surface area contributed by atoms with E-state index < -0.39 is 5.97 Å². The Morgan fingerprint density at radius 1 is 0.906 bits per heavy atom. The SMILES string of the molecule is CC(=O)O[C@H]1CC[C@]2(C)C3CC[C@]4(C)[C@@H]([C@H](C)CC(=O)O)CC[C@@]4(C)C3CCC2C1(C)C. The van der Waals surface area contributed by atoms with Gasteiger partial charge in [0.1, 0.15) is 6.10 Å². The lowest BCUT2D eigenvalue weighted by Crippen LogP contribution is -2.62. The molecule has 9 atom stereocenters. The number of hydrogen-bond acceptors (Lipinski definition) is 3. The number of esters is 1. The maximum atomic E-state index is 11.8. The summed E-state index contributed by atoms with van der Waals surface area (Å²) in [6.45, 7) is 16.1. The molecule has 3 unspecified atom stereocenters. The van der Waals surface area contributed by atoms with E-state index in [0.29, 0.717) is 29.1 Å². The van der Waals surface area contributed by atoms with Gasteiger partial charge in [-0.15, -0.1) is 0 Å². The topological polar surface area (TPSA) is 63.6 Å². The van der Waals surface area contributed by atoms with Crippen molar-refractivity contribution in [3.63, 3.8) is 0 Å². The van der Waals surface area contributed by atoms with Gasteiger partial charge < -0.3 is 9.84 Å². The fourth-order valence-electron chi connectivity index (χ4n) is 10.3. The molecule has 4 aliphatic carbocycles. The van der Waals surface area contributed by atoms with Crippen LogP contribution in [-0.4, -0.2) is 23.1 Å². The minimum atomic E-state index is -0.650. The molecule has 0 aromatic heterocycles. The zero-order chi connectivity index (χ0) is 23.7. The van der Waals surface area contributed by atoms with Crippen LogP contribution in [0.15, 0.2) is 0 Å². The van der Waals surface area contributed by atoms with E-state index >= 15 is 0 Å². The maximum absolute atomic E-state index is 11.8. The summed E-state index contributed by atoms with van der Waals surface area (Å²) in [5, 5.41) is 9.43. The molecule has 0 aliphatic heterocycles. The van der Waals surface area contributed by atoms with Crippen LogP contribution in [0.3, 0.4) is 0 Å². The van der Waals surface area contributed by atoms with Gasteiger partial charge >= 0.3 is 11.9 Å². The summed E-state index contributed by atoms with van der Waals surface area (Å²) < 4.78 is 5.83. The van der Waals surface area contributed by atoms with Crippen molar-refractivity contribution in [2.24, 2.45) is 51.2 Å². The molecular formula is C28H46O4. The van der Waals surface area contributed by atoms with Crippen molar-refractivity contribution in [2.75, 3.05) is 0 Å². The van der Waals surface area contributed by atoms with Gasteiger partial charge in [0.25, 0.3) is 0 Å². The fraction of sp³-hybridized carbons (Fsp3) is 0.929. The minimum Gasteiger partial charge on any atom is -0.481 e. The van der Waals surface area contributed by atoms with Gasteiger partial charge in [0.05, 0.1) is 0 Å². The molecule has 0 aromatic rings. The second kappa shape index (κ2) is 7.73. The molecule has 0 amide bonds. The van der Waals surface area contributed by atoms with Crippen LogP contribution in [0.2, 0.25) is 0 Å². The normalized spacial score (nSPS) is 48.2. The molecule has 0 saturated heterocycles. The van der Waals surface area contributed by atoms with Gasteiger partial charge in [-0.05, 0) is 97.2 Å². The molecule has 0 radical (unpaired) electrons. The molecule has 32 heavy (non-hydrogen) atoms. The predicted molar refractivity (Wildman–Crippen MR) is 126 cm³/mol. The summed E-state index contributed by atoms with van der Waals surface area (Å²) in [4.78, 5) is 23.2. The number of carbonyl (C=O) groups excluding carboxylic acids is 1. The first-order valence-corrected chi connectivity index (χ1v) is 13.2. The van der Waals surface area contributed by atoms with E-state index in [1.54, 1.807) is 6.92 Å². The average molecular weight is 447 g/mol. The number of ether oxygens (including phenoxy) is 1. The van der Waals surface area contributed by atoms with Crippen molar-refractivity contribution >= 4 is 11.9 Å². The number of carboxylic acid groups (broad SMARTS) is 1. The molecule has 0 spiro atoms. The highest BCUT2D eigenvalue weighted by atomic mass is 16.5. The Hall–Kier alpha value is -1.06. The Bertz CT molecular complexity index is 773. The number of aliphatic carboxylic acids is 1. The van der Waals surface area contributed by atoms with Gasteiger partial charge in [0.15, 0.2) is 0 Å². The lowest BCUT2D eigenvalue weighted by molar-refractivity contribution is -0.209. The molecule has 1 N–H and O–H groups in total. The molecule has 182 valence electrons. The van der Waals surface area contributed by atoms with Crippen molar-refractivity contribution in [3.05, 3.63) is 0 Å². The number of fused-ring (bicyclic) bond motifs is 5. The summed E-state index contributed by atoms with van der Waals surface area (Å²) in [5.74, 6) is 2.02. The molecule has 4 fully saturated rings. The van der Waals surface area contributed by atoms with E-state index in [9.17, 15) is 14.7 Å². The lowest BCUT2D eigenvalue weighted by atomic mass is 9.38. The van der Waals surface area contributed by atoms with E-state index in [-0.39, 0.29) is 28.8 Å². The van der Waals surface area contributed by atoms with Crippen LogP contribution in [0.4, 0.5) is 0 Å². The van der Waals surface area contributed by atoms with Crippen LogP contribution in [0, 0.1) is 51.2 Å². The fourth-order valence-corrected chi connectivity index (χ4v) is 10.3. The van der Waals surface area contributed by atoms with Gasteiger partial charge in [0.2, 0.25) is 0 Å². The number of carboxylic acids is 1. The van der Waals surface area contributed by atoms with Gasteiger partial charge in [-0.2, -0.15) is 0 Å². The minimum absolute atomic E-state index is 0.0134. The Morgan fingerprint density at radius 2 is 1.56 bits per heavy atom. The van der Waals surface area contributed by atoms with Crippen LogP contribution < -0.4 is 0 Å². The Balaban J connectivity index is 1.61. The van der Waals surface area contributed by atoms with Gasteiger partial charge in [-0.25, -0.2) is 0 Å². The highest BCUT2D eigenvalue weighted by Crippen LogP contribution is 2.74. The van der Waals surface area contributed by atoms with Crippen molar-refractivity contribution in [2.45, 2.75) is 112 Å². The molecule has 4 saturated carbocycles. The van der Waals surface area contributed by atoms with Crippen LogP contribution in [0.25, 0.3) is 0 Å². The third kappa shape index (κ3) is 3.28. The molecule has 0 bridgehead atoms. The van der Waals surface area contributed by atoms with E-state index in [1.807, 2.05) is 0 Å². The van der Waals surface area contributed by atoms with Crippen LogP contribution in [0.5, 0.6) is 0 Å². The molecule has 4 heteroatoms. The molecule has 0 aromatic carbocycles. The molecule has 4 rings (SSSR count). The number of rotatable bonds is 4. The smallest absolute Gasteiger partial charge is 0.303 e. The summed E-state index contributed by atoms with van der Waals surface area (Å²) >= 11 is 0.